The molecule has 1 heterocycles. The maximum Gasteiger partial charge on any atom is -0.00205 e. The van der Waals surface area contributed by atoms with Crippen LogP contribution in [-0.4, -0.2) is 26.2 Å². The van der Waals surface area contributed by atoms with Gasteiger partial charge in [0, 0.05) is 0 Å². The van der Waals surface area contributed by atoms with Crippen molar-refractivity contribution in [1.82, 2.24) is 10.6 Å². The first-order chi connectivity index (χ1) is 6.45. The van der Waals surface area contributed by atoms with E-state index in [9.17, 15) is 0 Å². The summed E-state index contributed by atoms with van der Waals surface area (Å²) in [6.45, 7) is 5.02. The summed E-state index contributed by atoms with van der Waals surface area (Å²) < 4.78 is 0. The molecule has 1 saturated heterocycles. The van der Waals surface area contributed by atoms with Crippen molar-refractivity contribution in [3.63, 3.8) is 0 Å². The second kappa shape index (κ2) is 4.97. The normalized spacial score (nSPS) is 24.9. The van der Waals surface area contributed by atoms with Gasteiger partial charge in [0.15, 0.2) is 0 Å². The molecule has 0 aromatic heterocycles. The summed E-state index contributed by atoms with van der Waals surface area (Å²) >= 11 is 0. The second-order valence-corrected chi connectivity index (χ2v) is 4.63. The van der Waals surface area contributed by atoms with E-state index in [1.165, 1.54) is 58.3 Å². The summed E-state index contributed by atoms with van der Waals surface area (Å²) in [7, 11) is 0. The molecule has 2 nitrogen and oxygen atoms in total. The Balaban J connectivity index is 1.46. The van der Waals surface area contributed by atoms with Crippen LogP contribution in [0.15, 0.2) is 0 Å². The third kappa shape index (κ3) is 3.65. The average Bonchev–Trinajstić information content (AvgIpc) is 2.98. The monoisotopic (exact) mass is 182 g/mol. The zero-order valence-electron chi connectivity index (χ0n) is 8.52. The molecular weight excluding hydrogens is 160 g/mol. The van der Waals surface area contributed by atoms with E-state index in [0.29, 0.717) is 0 Å². The van der Waals surface area contributed by atoms with Gasteiger partial charge in [-0.3, -0.25) is 0 Å². The minimum atomic E-state index is 0.993. The first-order valence-corrected chi connectivity index (χ1v) is 5.86. The topological polar surface area (TPSA) is 24.1 Å². The number of nitrogens with one attached hydrogen (secondary N) is 2. The fraction of sp³-hybridized carbons (Fsp3) is 1.00. The number of rotatable bonds is 5. The van der Waals surface area contributed by atoms with Crippen molar-refractivity contribution in [1.29, 1.82) is 0 Å². The number of hydrogen-bond donors (Lipinski definition) is 2. The van der Waals surface area contributed by atoms with E-state index in [4.69, 9.17) is 0 Å². The molecule has 0 atom stereocenters. The van der Waals surface area contributed by atoms with Crippen molar-refractivity contribution in [3.05, 3.63) is 0 Å². The Morgan fingerprint density at radius 2 is 1.77 bits per heavy atom. The van der Waals surface area contributed by atoms with Gasteiger partial charge in [-0.25, -0.2) is 0 Å². The molecule has 0 unspecified atom stereocenters. The number of hydrogen-bond acceptors (Lipinski definition) is 2. The molecule has 1 aliphatic carbocycles. The van der Waals surface area contributed by atoms with Gasteiger partial charge >= 0.3 is 0 Å². The van der Waals surface area contributed by atoms with E-state index in [1.54, 1.807) is 0 Å². The van der Waals surface area contributed by atoms with Crippen LogP contribution in [0.4, 0.5) is 0 Å². The fourth-order valence-electron chi connectivity index (χ4n) is 2.10. The fourth-order valence-corrected chi connectivity index (χ4v) is 2.10. The van der Waals surface area contributed by atoms with Gasteiger partial charge in [-0.1, -0.05) is 0 Å². The molecule has 1 saturated carbocycles. The Hall–Kier alpha value is -0.0800. The van der Waals surface area contributed by atoms with Crippen LogP contribution >= 0.6 is 0 Å². The molecule has 0 aromatic carbocycles. The molecule has 0 spiro atoms. The van der Waals surface area contributed by atoms with Crippen molar-refractivity contribution in [2.45, 2.75) is 32.1 Å². The molecule has 0 aromatic rings. The lowest BCUT2D eigenvalue weighted by molar-refractivity contribution is 0.348. The van der Waals surface area contributed by atoms with Gasteiger partial charge < -0.3 is 10.6 Å². The van der Waals surface area contributed by atoms with Gasteiger partial charge in [-0.2, -0.15) is 0 Å². The summed E-state index contributed by atoms with van der Waals surface area (Å²) in [6.07, 6.45) is 7.13. The van der Waals surface area contributed by atoms with Crippen molar-refractivity contribution in [3.8, 4) is 0 Å². The zero-order chi connectivity index (χ0) is 8.93. The average molecular weight is 182 g/mol. The Morgan fingerprint density at radius 1 is 1.00 bits per heavy atom. The summed E-state index contributed by atoms with van der Waals surface area (Å²) in [4.78, 5) is 0. The number of piperidine rings is 1. The van der Waals surface area contributed by atoms with Crippen molar-refractivity contribution >= 4 is 0 Å². The van der Waals surface area contributed by atoms with Crippen LogP contribution in [-0.2, 0) is 0 Å². The van der Waals surface area contributed by atoms with Crippen LogP contribution in [0.3, 0.4) is 0 Å². The Morgan fingerprint density at radius 3 is 2.46 bits per heavy atom. The lowest BCUT2D eigenvalue weighted by atomic mass is 9.95. The van der Waals surface area contributed by atoms with Crippen molar-refractivity contribution < 1.29 is 0 Å². The zero-order valence-corrected chi connectivity index (χ0v) is 8.52. The lowest BCUT2D eigenvalue weighted by Gasteiger charge is -2.22. The van der Waals surface area contributed by atoms with E-state index in [-0.39, 0.29) is 0 Å². The molecule has 2 fully saturated rings. The van der Waals surface area contributed by atoms with Gasteiger partial charge in [0.05, 0.1) is 0 Å². The van der Waals surface area contributed by atoms with Crippen LogP contribution in [0.25, 0.3) is 0 Å². The van der Waals surface area contributed by atoms with E-state index >= 15 is 0 Å². The van der Waals surface area contributed by atoms with Crippen molar-refractivity contribution in [2.24, 2.45) is 11.8 Å². The molecule has 2 N–H and O–H groups in total. The highest BCUT2D eigenvalue weighted by Gasteiger charge is 2.20. The molecule has 76 valence electrons. The summed E-state index contributed by atoms with van der Waals surface area (Å²) in [6, 6.07) is 0. The van der Waals surface area contributed by atoms with E-state index in [1.807, 2.05) is 0 Å². The largest absolute Gasteiger partial charge is 0.317 e. The minimum absolute atomic E-state index is 0.993. The SMILES string of the molecule is C1CC(CCNCC2CC2)CCN1. The standard InChI is InChI=1S/C11H22N2/c1-2-11(1)9-13-8-5-10-3-6-12-7-4-10/h10-13H,1-9H2. The maximum atomic E-state index is 3.57. The smallest absolute Gasteiger partial charge is 0.00205 e. The second-order valence-electron chi connectivity index (χ2n) is 4.63. The molecule has 2 heteroatoms. The molecule has 1 aliphatic heterocycles. The predicted molar refractivity (Wildman–Crippen MR) is 55.8 cm³/mol. The Kier molecular flexibility index (Phi) is 3.62. The summed E-state index contributed by atoms with van der Waals surface area (Å²) in [5, 5.41) is 6.99. The van der Waals surface area contributed by atoms with Gasteiger partial charge in [0.25, 0.3) is 0 Å². The molecule has 0 amide bonds. The van der Waals surface area contributed by atoms with Gasteiger partial charge in [-0.05, 0) is 70.1 Å². The van der Waals surface area contributed by atoms with Crippen LogP contribution < -0.4 is 10.6 Å². The van der Waals surface area contributed by atoms with Gasteiger partial charge in [0.1, 0.15) is 0 Å². The van der Waals surface area contributed by atoms with Crippen molar-refractivity contribution in [2.75, 3.05) is 26.2 Å². The molecule has 0 radical (unpaired) electrons. The van der Waals surface area contributed by atoms with E-state index in [2.05, 4.69) is 10.6 Å². The van der Waals surface area contributed by atoms with Crippen LogP contribution in [0, 0.1) is 11.8 Å². The highest BCUT2D eigenvalue weighted by atomic mass is 14.9. The Bertz CT molecular complexity index is 137. The molecular formula is C11H22N2. The van der Waals surface area contributed by atoms with E-state index < -0.39 is 0 Å². The molecule has 2 aliphatic rings. The minimum Gasteiger partial charge on any atom is -0.317 e. The first-order valence-electron chi connectivity index (χ1n) is 5.86. The first kappa shape index (κ1) is 9.47. The highest BCUT2D eigenvalue weighted by Crippen LogP contribution is 2.27. The molecule has 2 rings (SSSR count). The third-order valence-electron chi connectivity index (χ3n) is 3.32. The van der Waals surface area contributed by atoms with Gasteiger partial charge in [-0.15, -0.1) is 0 Å². The van der Waals surface area contributed by atoms with E-state index in [0.717, 1.165) is 11.8 Å². The van der Waals surface area contributed by atoms with Crippen LogP contribution in [0.2, 0.25) is 0 Å². The summed E-state index contributed by atoms with van der Waals surface area (Å²) in [5.74, 6) is 2.03. The predicted octanol–water partition coefficient (Wildman–Crippen LogP) is 1.38. The van der Waals surface area contributed by atoms with Crippen LogP contribution in [0.5, 0.6) is 0 Å². The maximum absolute atomic E-state index is 3.57. The lowest BCUT2D eigenvalue weighted by Crippen LogP contribution is -2.30. The quantitative estimate of drug-likeness (QED) is 0.628. The Labute approximate surface area is 81.5 Å². The summed E-state index contributed by atoms with van der Waals surface area (Å²) in [5.41, 5.74) is 0. The van der Waals surface area contributed by atoms with Crippen LogP contribution in [0.1, 0.15) is 32.1 Å². The molecule has 0 bridgehead atoms. The third-order valence-corrected chi connectivity index (χ3v) is 3.32. The molecule has 13 heavy (non-hydrogen) atoms. The highest BCUT2D eigenvalue weighted by molar-refractivity contribution is 4.76. The van der Waals surface area contributed by atoms with Gasteiger partial charge in [0.2, 0.25) is 0 Å².